The number of phenols is 1. The van der Waals surface area contributed by atoms with Crippen LogP contribution in [0.1, 0.15) is 15.9 Å². The maximum absolute atomic E-state index is 13.6. The number of carbonyl (C=O) groups is 1. The predicted molar refractivity (Wildman–Crippen MR) is 74.9 cm³/mol. The van der Waals surface area contributed by atoms with Gasteiger partial charge >= 0.3 is 0 Å². The van der Waals surface area contributed by atoms with E-state index in [-0.39, 0.29) is 11.3 Å². The molecule has 0 saturated carbocycles. The van der Waals surface area contributed by atoms with E-state index in [1.165, 1.54) is 12.1 Å². The molecular weight excluding hydrogens is 313 g/mol. The molecule has 5 heteroatoms. The molecule has 1 amide bonds. The molecule has 0 fully saturated rings. The average molecular weight is 324 g/mol. The lowest BCUT2D eigenvalue weighted by molar-refractivity contribution is 0.102. The lowest BCUT2D eigenvalue weighted by atomic mass is 10.1. The Morgan fingerprint density at radius 3 is 2.74 bits per heavy atom. The fourth-order valence-electron chi connectivity index (χ4n) is 1.65. The van der Waals surface area contributed by atoms with Crippen LogP contribution in [0.5, 0.6) is 5.75 Å². The molecule has 3 nitrogen and oxygen atoms in total. The predicted octanol–water partition coefficient (Wildman–Crippen LogP) is 3.85. The molecular formula is C14H11BrFNO2. The Kier molecular flexibility index (Phi) is 3.85. The van der Waals surface area contributed by atoms with Crippen molar-refractivity contribution < 1.29 is 14.3 Å². The summed E-state index contributed by atoms with van der Waals surface area (Å²) in [5, 5.41) is 12.1. The first kappa shape index (κ1) is 13.5. The first-order chi connectivity index (χ1) is 8.99. The van der Waals surface area contributed by atoms with E-state index in [4.69, 9.17) is 0 Å². The van der Waals surface area contributed by atoms with Gasteiger partial charge in [0.25, 0.3) is 5.91 Å². The van der Waals surface area contributed by atoms with E-state index in [0.29, 0.717) is 5.69 Å². The van der Waals surface area contributed by atoms with E-state index in [0.717, 1.165) is 16.1 Å². The SMILES string of the molecule is Cc1ccc(Br)cc1NC(=O)c1c(O)cccc1F. The number of aryl methyl sites for hydroxylation is 1. The number of anilines is 1. The first-order valence-electron chi connectivity index (χ1n) is 5.54. The van der Waals surface area contributed by atoms with Gasteiger partial charge in [0, 0.05) is 10.2 Å². The van der Waals surface area contributed by atoms with Crippen LogP contribution in [0.15, 0.2) is 40.9 Å². The fraction of sp³-hybridized carbons (Fsp3) is 0.0714. The maximum atomic E-state index is 13.6. The molecule has 2 N–H and O–H groups in total. The Hall–Kier alpha value is -1.88. The topological polar surface area (TPSA) is 49.3 Å². The Bertz CT molecular complexity index is 623. The van der Waals surface area contributed by atoms with Crippen molar-refractivity contribution in [2.24, 2.45) is 0 Å². The number of amides is 1. The molecule has 0 heterocycles. The third kappa shape index (κ3) is 2.93. The van der Waals surface area contributed by atoms with E-state index in [9.17, 15) is 14.3 Å². The van der Waals surface area contributed by atoms with Crippen molar-refractivity contribution in [2.45, 2.75) is 6.92 Å². The summed E-state index contributed by atoms with van der Waals surface area (Å²) >= 11 is 3.30. The zero-order valence-corrected chi connectivity index (χ0v) is 11.7. The van der Waals surface area contributed by atoms with Crippen LogP contribution in [0.25, 0.3) is 0 Å². The van der Waals surface area contributed by atoms with Crippen LogP contribution >= 0.6 is 15.9 Å². The van der Waals surface area contributed by atoms with E-state index >= 15 is 0 Å². The lowest BCUT2D eigenvalue weighted by Crippen LogP contribution is -2.14. The highest BCUT2D eigenvalue weighted by atomic mass is 79.9. The smallest absolute Gasteiger partial charge is 0.262 e. The molecule has 0 aliphatic rings. The minimum Gasteiger partial charge on any atom is -0.507 e. The number of hydrogen-bond donors (Lipinski definition) is 2. The largest absolute Gasteiger partial charge is 0.507 e. The van der Waals surface area contributed by atoms with Crippen LogP contribution in [0.2, 0.25) is 0 Å². The van der Waals surface area contributed by atoms with Crippen LogP contribution in [0.4, 0.5) is 10.1 Å². The van der Waals surface area contributed by atoms with E-state index in [2.05, 4.69) is 21.2 Å². The van der Waals surface area contributed by atoms with Crippen molar-refractivity contribution in [3.8, 4) is 5.75 Å². The minimum atomic E-state index is -0.759. The van der Waals surface area contributed by atoms with Gasteiger partial charge in [0.1, 0.15) is 17.1 Å². The van der Waals surface area contributed by atoms with Gasteiger partial charge in [0.2, 0.25) is 0 Å². The third-order valence-electron chi connectivity index (χ3n) is 2.67. The van der Waals surface area contributed by atoms with Gasteiger partial charge < -0.3 is 10.4 Å². The average Bonchev–Trinajstić information content (AvgIpc) is 2.33. The highest BCUT2D eigenvalue weighted by Crippen LogP contribution is 2.24. The van der Waals surface area contributed by atoms with Gasteiger partial charge in [0.15, 0.2) is 0 Å². The number of phenolic OH excluding ortho intramolecular Hbond substituents is 1. The molecule has 2 aromatic carbocycles. The molecule has 0 saturated heterocycles. The summed E-state index contributed by atoms with van der Waals surface area (Å²) in [4.78, 5) is 12.0. The number of rotatable bonds is 2. The first-order valence-corrected chi connectivity index (χ1v) is 6.33. The quantitative estimate of drug-likeness (QED) is 0.881. The highest BCUT2D eigenvalue weighted by Gasteiger charge is 2.17. The van der Waals surface area contributed by atoms with Gasteiger partial charge in [-0.15, -0.1) is 0 Å². The summed E-state index contributed by atoms with van der Waals surface area (Å²) < 4.78 is 14.4. The van der Waals surface area contributed by atoms with Crippen molar-refractivity contribution in [3.63, 3.8) is 0 Å². The van der Waals surface area contributed by atoms with Crippen LogP contribution in [0.3, 0.4) is 0 Å². The lowest BCUT2D eigenvalue weighted by Gasteiger charge is -2.10. The summed E-state index contributed by atoms with van der Waals surface area (Å²) in [7, 11) is 0. The molecule has 98 valence electrons. The molecule has 0 radical (unpaired) electrons. The van der Waals surface area contributed by atoms with Gasteiger partial charge in [-0.05, 0) is 36.8 Å². The molecule has 0 aromatic heterocycles. The molecule has 0 bridgehead atoms. The second-order valence-corrected chi connectivity index (χ2v) is 4.96. The number of hydrogen-bond acceptors (Lipinski definition) is 2. The summed E-state index contributed by atoms with van der Waals surface area (Å²) in [5.74, 6) is -1.83. The number of aromatic hydroxyl groups is 1. The van der Waals surface area contributed by atoms with Gasteiger partial charge in [-0.1, -0.05) is 28.1 Å². The van der Waals surface area contributed by atoms with Gasteiger partial charge in [-0.3, -0.25) is 4.79 Å². The second kappa shape index (κ2) is 5.40. The van der Waals surface area contributed by atoms with Crippen molar-refractivity contribution in [1.82, 2.24) is 0 Å². The Balaban J connectivity index is 2.34. The molecule has 19 heavy (non-hydrogen) atoms. The zero-order chi connectivity index (χ0) is 14.0. The Morgan fingerprint density at radius 2 is 2.05 bits per heavy atom. The molecule has 0 aliphatic carbocycles. The number of benzene rings is 2. The van der Waals surface area contributed by atoms with Crippen molar-refractivity contribution in [2.75, 3.05) is 5.32 Å². The number of halogens is 2. The fourth-order valence-corrected chi connectivity index (χ4v) is 2.01. The Labute approximate surface area is 118 Å². The highest BCUT2D eigenvalue weighted by molar-refractivity contribution is 9.10. The van der Waals surface area contributed by atoms with E-state index < -0.39 is 11.7 Å². The van der Waals surface area contributed by atoms with Crippen LogP contribution in [0, 0.1) is 12.7 Å². The maximum Gasteiger partial charge on any atom is 0.262 e. The normalized spacial score (nSPS) is 10.3. The minimum absolute atomic E-state index is 0.359. The molecule has 0 unspecified atom stereocenters. The van der Waals surface area contributed by atoms with Gasteiger partial charge in [-0.25, -0.2) is 4.39 Å². The molecule has 0 spiro atoms. The summed E-state index contributed by atoms with van der Waals surface area (Å²) in [6.07, 6.45) is 0. The molecule has 0 aliphatic heterocycles. The van der Waals surface area contributed by atoms with Crippen LogP contribution < -0.4 is 5.32 Å². The molecule has 0 atom stereocenters. The van der Waals surface area contributed by atoms with Crippen molar-refractivity contribution in [1.29, 1.82) is 0 Å². The summed E-state index contributed by atoms with van der Waals surface area (Å²) in [6.45, 7) is 1.82. The monoisotopic (exact) mass is 323 g/mol. The second-order valence-electron chi connectivity index (χ2n) is 4.05. The third-order valence-corrected chi connectivity index (χ3v) is 3.16. The molecule has 2 rings (SSSR count). The van der Waals surface area contributed by atoms with Crippen molar-refractivity contribution >= 4 is 27.5 Å². The number of carbonyl (C=O) groups excluding carboxylic acids is 1. The van der Waals surface area contributed by atoms with E-state index in [1.807, 2.05) is 19.1 Å². The number of nitrogens with one attached hydrogen (secondary N) is 1. The standard InChI is InChI=1S/C14H11BrFNO2/c1-8-5-6-9(15)7-11(8)17-14(19)13-10(16)3-2-4-12(13)18/h2-7,18H,1H3,(H,17,19). The van der Waals surface area contributed by atoms with Crippen LogP contribution in [-0.4, -0.2) is 11.0 Å². The van der Waals surface area contributed by atoms with Crippen molar-refractivity contribution in [3.05, 3.63) is 57.8 Å². The Morgan fingerprint density at radius 1 is 1.32 bits per heavy atom. The van der Waals surface area contributed by atoms with E-state index in [1.54, 1.807) is 6.07 Å². The summed E-state index contributed by atoms with van der Waals surface area (Å²) in [6, 6.07) is 9.11. The zero-order valence-electron chi connectivity index (χ0n) is 10.1. The van der Waals surface area contributed by atoms with Crippen LogP contribution in [-0.2, 0) is 0 Å². The molecule has 2 aromatic rings. The summed E-state index contributed by atoms with van der Waals surface area (Å²) in [5.41, 5.74) is 1.04. The van der Waals surface area contributed by atoms with Gasteiger partial charge in [-0.2, -0.15) is 0 Å². The van der Waals surface area contributed by atoms with Gasteiger partial charge in [0.05, 0.1) is 0 Å².